The Morgan fingerprint density at radius 2 is 1.84 bits per heavy atom. The van der Waals surface area contributed by atoms with Crippen molar-refractivity contribution in [2.45, 2.75) is 62.1 Å². The fraction of sp³-hybridized carbons (Fsp3) is 0.714. The lowest BCUT2D eigenvalue weighted by molar-refractivity contribution is 0.336. The first kappa shape index (κ1) is 15.0. The predicted octanol–water partition coefficient (Wildman–Crippen LogP) is 3.65. The summed E-state index contributed by atoms with van der Waals surface area (Å²) in [6, 6.07) is 3.87. The van der Waals surface area contributed by atoms with Crippen molar-refractivity contribution in [1.82, 2.24) is 4.31 Å². The zero-order valence-corrected chi connectivity index (χ0v) is 13.4. The van der Waals surface area contributed by atoms with E-state index in [0.29, 0.717) is 4.21 Å². The van der Waals surface area contributed by atoms with Gasteiger partial charge in [0.25, 0.3) is 10.0 Å². The molecule has 0 saturated heterocycles. The van der Waals surface area contributed by atoms with E-state index in [4.69, 9.17) is 0 Å². The van der Waals surface area contributed by atoms with Crippen molar-refractivity contribution in [2.75, 3.05) is 7.05 Å². The Balaban J connectivity index is 2.17. The zero-order chi connectivity index (χ0) is 13.9. The van der Waals surface area contributed by atoms with Gasteiger partial charge in [-0.05, 0) is 31.4 Å². The molecule has 0 atom stereocenters. The molecule has 1 aliphatic carbocycles. The Hall–Kier alpha value is -0.390. The van der Waals surface area contributed by atoms with E-state index < -0.39 is 10.0 Å². The van der Waals surface area contributed by atoms with E-state index in [1.807, 2.05) is 6.07 Å². The van der Waals surface area contributed by atoms with Crippen LogP contribution in [-0.4, -0.2) is 25.8 Å². The van der Waals surface area contributed by atoms with Gasteiger partial charge in [-0.2, -0.15) is 4.31 Å². The summed E-state index contributed by atoms with van der Waals surface area (Å²) in [6.07, 6.45) is 7.67. The number of sulfonamides is 1. The lowest BCUT2D eigenvalue weighted by Gasteiger charge is -2.25. The molecule has 2 rings (SSSR count). The van der Waals surface area contributed by atoms with Crippen LogP contribution in [0.2, 0.25) is 0 Å². The number of hydrogen-bond donors (Lipinski definition) is 0. The normalized spacial score (nSPS) is 18.7. The van der Waals surface area contributed by atoms with Gasteiger partial charge in [0.15, 0.2) is 0 Å². The van der Waals surface area contributed by atoms with E-state index in [0.717, 1.165) is 37.0 Å². The lowest BCUT2D eigenvalue weighted by Crippen LogP contribution is -2.36. The molecule has 108 valence electrons. The van der Waals surface area contributed by atoms with Gasteiger partial charge in [-0.3, -0.25) is 0 Å². The third-order valence-electron chi connectivity index (χ3n) is 3.96. The van der Waals surface area contributed by atoms with E-state index in [-0.39, 0.29) is 6.04 Å². The lowest BCUT2D eigenvalue weighted by atomic mass is 10.1. The van der Waals surface area contributed by atoms with Gasteiger partial charge in [0, 0.05) is 18.0 Å². The number of thiophene rings is 1. The van der Waals surface area contributed by atoms with E-state index in [9.17, 15) is 8.42 Å². The van der Waals surface area contributed by atoms with Crippen LogP contribution in [0.5, 0.6) is 0 Å². The zero-order valence-electron chi connectivity index (χ0n) is 11.8. The van der Waals surface area contributed by atoms with Gasteiger partial charge < -0.3 is 0 Å². The van der Waals surface area contributed by atoms with Gasteiger partial charge in [-0.15, -0.1) is 11.3 Å². The van der Waals surface area contributed by atoms with Crippen LogP contribution in [0.1, 0.15) is 50.3 Å². The summed E-state index contributed by atoms with van der Waals surface area (Å²) in [7, 11) is -1.55. The van der Waals surface area contributed by atoms with Crippen molar-refractivity contribution in [1.29, 1.82) is 0 Å². The number of aryl methyl sites for hydroxylation is 1. The molecule has 0 radical (unpaired) electrons. The van der Waals surface area contributed by atoms with Crippen LogP contribution in [0.25, 0.3) is 0 Å². The van der Waals surface area contributed by atoms with Crippen molar-refractivity contribution < 1.29 is 8.42 Å². The molecule has 0 aromatic carbocycles. The Labute approximate surface area is 120 Å². The maximum absolute atomic E-state index is 12.6. The van der Waals surface area contributed by atoms with Crippen molar-refractivity contribution >= 4 is 21.4 Å². The van der Waals surface area contributed by atoms with E-state index >= 15 is 0 Å². The van der Waals surface area contributed by atoms with Crippen LogP contribution < -0.4 is 0 Å². The fourth-order valence-corrected chi connectivity index (χ4v) is 5.54. The maximum atomic E-state index is 12.6. The van der Waals surface area contributed by atoms with Crippen LogP contribution in [-0.2, 0) is 16.4 Å². The summed E-state index contributed by atoms with van der Waals surface area (Å²) < 4.78 is 27.3. The average molecular weight is 301 g/mol. The van der Waals surface area contributed by atoms with Crippen LogP contribution in [0.15, 0.2) is 16.3 Å². The molecule has 0 aliphatic heterocycles. The maximum Gasteiger partial charge on any atom is 0.252 e. The Morgan fingerprint density at radius 1 is 1.21 bits per heavy atom. The molecule has 3 nitrogen and oxygen atoms in total. The highest BCUT2D eigenvalue weighted by molar-refractivity contribution is 7.91. The van der Waals surface area contributed by atoms with Gasteiger partial charge in [0.1, 0.15) is 4.21 Å². The molecule has 1 aliphatic rings. The number of nitrogens with zero attached hydrogens (tertiary/aromatic N) is 1. The molecule has 1 heterocycles. The summed E-state index contributed by atoms with van der Waals surface area (Å²) in [5.74, 6) is 0. The molecule has 1 aromatic heterocycles. The first-order valence-corrected chi connectivity index (χ1v) is 9.38. The van der Waals surface area contributed by atoms with Crippen LogP contribution >= 0.6 is 11.3 Å². The number of hydrogen-bond acceptors (Lipinski definition) is 3. The average Bonchev–Trinajstić information content (AvgIpc) is 2.74. The first-order chi connectivity index (χ1) is 9.05. The third-order valence-corrected chi connectivity index (χ3v) is 7.56. The molecule has 5 heteroatoms. The van der Waals surface area contributed by atoms with Crippen molar-refractivity contribution in [3.05, 3.63) is 17.0 Å². The third kappa shape index (κ3) is 3.38. The number of rotatable bonds is 4. The molecule has 0 spiro atoms. The quantitative estimate of drug-likeness (QED) is 0.796. The summed E-state index contributed by atoms with van der Waals surface area (Å²) in [5.41, 5.74) is 0. The summed E-state index contributed by atoms with van der Waals surface area (Å²) >= 11 is 1.41. The Bertz CT molecular complexity index is 499. The monoisotopic (exact) mass is 301 g/mol. The molecular weight excluding hydrogens is 278 g/mol. The van der Waals surface area contributed by atoms with Gasteiger partial charge in [-0.25, -0.2) is 8.42 Å². The van der Waals surface area contributed by atoms with E-state index in [2.05, 4.69) is 6.92 Å². The molecule has 0 amide bonds. The standard InChI is InChI=1S/C14H23NO2S2/c1-3-13-10-11-14(18-13)19(16,17)15(2)12-8-6-4-5-7-9-12/h10-12H,3-9H2,1-2H3. The highest BCUT2D eigenvalue weighted by Crippen LogP contribution is 2.29. The summed E-state index contributed by atoms with van der Waals surface area (Å²) in [4.78, 5) is 1.13. The predicted molar refractivity (Wildman–Crippen MR) is 80.1 cm³/mol. The Morgan fingerprint density at radius 3 is 2.37 bits per heavy atom. The van der Waals surface area contributed by atoms with Gasteiger partial charge in [0.05, 0.1) is 0 Å². The van der Waals surface area contributed by atoms with Crippen molar-refractivity contribution in [3.63, 3.8) is 0 Å². The van der Waals surface area contributed by atoms with Crippen LogP contribution in [0, 0.1) is 0 Å². The van der Waals surface area contributed by atoms with Gasteiger partial charge in [-0.1, -0.05) is 32.6 Å². The first-order valence-electron chi connectivity index (χ1n) is 7.12. The summed E-state index contributed by atoms with van der Waals surface area (Å²) in [5, 5.41) is 0. The van der Waals surface area contributed by atoms with E-state index in [1.54, 1.807) is 17.4 Å². The highest BCUT2D eigenvalue weighted by Gasteiger charge is 2.29. The molecule has 1 saturated carbocycles. The SMILES string of the molecule is CCc1ccc(S(=O)(=O)N(C)C2CCCCCC2)s1. The molecule has 1 aromatic rings. The van der Waals surface area contributed by atoms with Gasteiger partial charge >= 0.3 is 0 Å². The van der Waals surface area contributed by atoms with Crippen LogP contribution in [0.4, 0.5) is 0 Å². The largest absolute Gasteiger partial charge is 0.252 e. The molecule has 0 unspecified atom stereocenters. The minimum Gasteiger partial charge on any atom is -0.206 e. The Kier molecular flexibility index (Phi) is 5.03. The second-order valence-electron chi connectivity index (χ2n) is 5.24. The topological polar surface area (TPSA) is 37.4 Å². The minimum absolute atomic E-state index is 0.180. The molecule has 19 heavy (non-hydrogen) atoms. The fourth-order valence-electron chi connectivity index (χ4n) is 2.65. The second-order valence-corrected chi connectivity index (χ2v) is 8.63. The second kappa shape index (κ2) is 6.37. The highest BCUT2D eigenvalue weighted by atomic mass is 32.2. The minimum atomic E-state index is -3.29. The summed E-state index contributed by atoms with van der Waals surface area (Å²) in [6.45, 7) is 2.05. The van der Waals surface area contributed by atoms with Gasteiger partial charge in [0.2, 0.25) is 0 Å². The van der Waals surface area contributed by atoms with Crippen molar-refractivity contribution in [2.24, 2.45) is 0 Å². The molecule has 1 fully saturated rings. The molecule has 0 bridgehead atoms. The van der Waals surface area contributed by atoms with Crippen LogP contribution in [0.3, 0.4) is 0 Å². The van der Waals surface area contributed by atoms with E-state index in [1.165, 1.54) is 24.2 Å². The smallest absolute Gasteiger partial charge is 0.206 e. The molecular formula is C14H23NO2S2. The molecule has 0 N–H and O–H groups in total. The van der Waals surface area contributed by atoms with Crippen molar-refractivity contribution in [3.8, 4) is 0 Å².